The normalized spacial score (nSPS) is 18.4. The van der Waals surface area contributed by atoms with Crippen LogP contribution in [0.3, 0.4) is 0 Å². The molecule has 196 valence electrons. The molecule has 37 heavy (non-hydrogen) atoms. The highest BCUT2D eigenvalue weighted by Crippen LogP contribution is 2.32. The maximum Gasteiger partial charge on any atom is 0.207 e. The van der Waals surface area contributed by atoms with E-state index in [-0.39, 0.29) is 0 Å². The van der Waals surface area contributed by atoms with Gasteiger partial charge >= 0.3 is 0 Å². The molecule has 0 saturated heterocycles. The zero-order valence-electron chi connectivity index (χ0n) is 22.3. The van der Waals surface area contributed by atoms with Crippen LogP contribution in [0.1, 0.15) is 62.1 Å². The van der Waals surface area contributed by atoms with Crippen molar-refractivity contribution in [3.63, 3.8) is 0 Å². The quantitative estimate of drug-likeness (QED) is 0.206. The standard InChI is InChI=1S/C19H23ClN2.C13H17NO/c1-5-8-17(15(3)21)9-6-7-10-22-16(4)18-11-14(2)12-19(20)13-18;15-10-14-13-8-6-12(7-9-13)11-4-2-1-3-5-11/h5-9,11-13H,3,10,21H2,1-2,4H3;1-5,10,12-13H,6-9H2,(H,14,15)/b7-6+,8-5-,17-9+,22-16?;. The summed E-state index contributed by atoms with van der Waals surface area (Å²) in [6, 6.07) is 17.0. The summed E-state index contributed by atoms with van der Waals surface area (Å²) in [5, 5.41) is 3.61. The Bertz CT molecular complexity index is 1100. The lowest BCUT2D eigenvalue weighted by Gasteiger charge is -2.28. The largest absolute Gasteiger partial charge is 0.399 e. The first-order valence-electron chi connectivity index (χ1n) is 12.8. The number of benzene rings is 2. The number of carbonyl (C=O) groups is 1. The van der Waals surface area contributed by atoms with Gasteiger partial charge in [0.15, 0.2) is 0 Å². The van der Waals surface area contributed by atoms with Crippen LogP contribution in [0, 0.1) is 6.92 Å². The second kappa shape index (κ2) is 16.4. The summed E-state index contributed by atoms with van der Waals surface area (Å²) >= 11 is 6.07. The van der Waals surface area contributed by atoms with E-state index in [1.54, 1.807) is 0 Å². The van der Waals surface area contributed by atoms with Crippen LogP contribution in [0.15, 0.2) is 102 Å². The molecule has 0 unspecified atom stereocenters. The van der Waals surface area contributed by atoms with Gasteiger partial charge in [0, 0.05) is 22.5 Å². The fourth-order valence-electron chi connectivity index (χ4n) is 4.32. The Morgan fingerprint density at radius 2 is 1.86 bits per heavy atom. The van der Waals surface area contributed by atoms with Crippen molar-refractivity contribution in [1.82, 2.24) is 5.32 Å². The van der Waals surface area contributed by atoms with E-state index in [0.29, 0.717) is 24.2 Å². The number of aliphatic imine (C=N–C) groups is 1. The lowest BCUT2D eigenvalue weighted by atomic mass is 9.82. The van der Waals surface area contributed by atoms with Crippen LogP contribution in [-0.4, -0.2) is 24.7 Å². The van der Waals surface area contributed by atoms with E-state index >= 15 is 0 Å². The van der Waals surface area contributed by atoms with Gasteiger partial charge in [-0.25, -0.2) is 0 Å². The van der Waals surface area contributed by atoms with Crippen molar-refractivity contribution in [2.24, 2.45) is 10.7 Å². The number of aryl methyl sites for hydroxylation is 1. The highest BCUT2D eigenvalue weighted by molar-refractivity contribution is 6.31. The predicted molar refractivity (Wildman–Crippen MR) is 159 cm³/mol. The number of allylic oxidation sites excluding steroid dienone is 4. The topological polar surface area (TPSA) is 67.5 Å². The molecule has 2 aromatic carbocycles. The van der Waals surface area contributed by atoms with Crippen molar-refractivity contribution in [2.45, 2.75) is 58.4 Å². The van der Waals surface area contributed by atoms with Crippen molar-refractivity contribution >= 4 is 23.7 Å². The third-order valence-electron chi connectivity index (χ3n) is 6.32. The molecular weight excluding hydrogens is 478 g/mol. The molecule has 0 atom stereocenters. The molecule has 3 N–H and O–H groups in total. The number of rotatable bonds is 9. The second-order valence-corrected chi connectivity index (χ2v) is 9.70. The number of nitrogens with one attached hydrogen (secondary N) is 1. The molecule has 5 heteroatoms. The van der Waals surface area contributed by atoms with Gasteiger partial charge in [0.05, 0.1) is 6.54 Å². The number of carbonyl (C=O) groups excluding carboxylic acids is 1. The van der Waals surface area contributed by atoms with E-state index in [0.717, 1.165) is 46.7 Å². The van der Waals surface area contributed by atoms with E-state index < -0.39 is 0 Å². The van der Waals surface area contributed by atoms with Crippen LogP contribution in [0.4, 0.5) is 0 Å². The SMILES string of the molecule is C=C(N)C(/C=C\C)=C/C=C/CN=C(C)c1cc(C)cc(Cl)c1.O=CNC1CCC(c2ccccc2)CC1. The van der Waals surface area contributed by atoms with Crippen LogP contribution in [0.2, 0.25) is 5.02 Å². The molecule has 0 bridgehead atoms. The first-order chi connectivity index (χ1) is 17.8. The van der Waals surface area contributed by atoms with Crippen LogP contribution < -0.4 is 11.1 Å². The third-order valence-corrected chi connectivity index (χ3v) is 6.54. The van der Waals surface area contributed by atoms with Crippen molar-refractivity contribution in [2.75, 3.05) is 6.54 Å². The maximum atomic E-state index is 10.3. The minimum absolute atomic E-state index is 0.405. The fourth-order valence-corrected chi connectivity index (χ4v) is 4.61. The molecule has 2 aromatic rings. The van der Waals surface area contributed by atoms with Crippen LogP contribution in [-0.2, 0) is 4.79 Å². The Morgan fingerprint density at radius 3 is 2.46 bits per heavy atom. The van der Waals surface area contributed by atoms with Crippen LogP contribution in [0.5, 0.6) is 0 Å². The minimum atomic E-state index is 0.405. The molecule has 3 rings (SSSR count). The third kappa shape index (κ3) is 11.1. The van der Waals surface area contributed by atoms with Gasteiger partial charge in [0.1, 0.15) is 0 Å². The number of nitrogens with zero attached hydrogens (tertiary/aromatic N) is 1. The number of hydrogen-bond donors (Lipinski definition) is 2. The lowest BCUT2D eigenvalue weighted by Crippen LogP contribution is -2.31. The average Bonchev–Trinajstić information content (AvgIpc) is 2.88. The van der Waals surface area contributed by atoms with E-state index in [9.17, 15) is 4.79 Å². The average molecular weight is 518 g/mol. The van der Waals surface area contributed by atoms with E-state index in [2.05, 4.69) is 53.3 Å². The monoisotopic (exact) mass is 517 g/mol. The van der Waals surface area contributed by atoms with Gasteiger partial charge in [-0.05, 0) is 86.8 Å². The number of amides is 1. The Balaban J connectivity index is 0.000000278. The zero-order chi connectivity index (χ0) is 27.0. The minimum Gasteiger partial charge on any atom is -0.399 e. The van der Waals surface area contributed by atoms with Gasteiger partial charge < -0.3 is 11.1 Å². The highest BCUT2D eigenvalue weighted by atomic mass is 35.5. The molecule has 1 saturated carbocycles. The van der Waals surface area contributed by atoms with Crippen LogP contribution >= 0.6 is 11.6 Å². The molecular formula is C32H40ClN3O. The summed E-state index contributed by atoms with van der Waals surface area (Å²) in [5.41, 5.74) is 11.8. The molecule has 1 amide bonds. The molecule has 4 nitrogen and oxygen atoms in total. The summed E-state index contributed by atoms with van der Waals surface area (Å²) in [5.74, 6) is 0.691. The Hall–Kier alpha value is -3.37. The molecule has 0 radical (unpaired) electrons. The van der Waals surface area contributed by atoms with Crippen molar-refractivity contribution in [3.05, 3.63) is 118 Å². The van der Waals surface area contributed by atoms with Crippen molar-refractivity contribution in [3.8, 4) is 0 Å². The van der Waals surface area contributed by atoms with Gasteiger partial charge in [-0.2, -0.15) is 0 Å². The maximum absolute atomic E-state index is 10.3. The zero-order valence-corrected chi connectivity index (χ0v) is 23.0. The van der Waals surface area contributed by atoms with Gasteiger partial charge in [0.25, 0.3) is 0 Å². The van der Waals surface area contributed by atoms with E-state index in [1.165, 1.54) is 18.4 Å². The lowest BCUT2D eigenvalue weighted by molar-refractivity contribution is -0.110. The summed E-state index contributed by atoms with van der Waals surface area (Å²) in [4.78, 5) is 14.8. The number of nitrogens with two attached hydrogens (primary N) is 1. The summed E-state index contributed by atoms with van der Waals surface area (Å²) < 4.78 is 0. The first-order valence-corrected chi connectivity index (χ1v) is 13.2. The van der Waals surface area contributed by atoms with Gasteiger partial charge in [0.2, 0.25) is 6.41 Å². The molecule has 0 spiro atoms. The van der Waals surface area contributed by atoms with Gasteiger partial charge in [-0.3, -0.25) is 9.79 Å². The van der Waals surface area contributed by atoms with Gasteiger partial charge in [-0.15, -0.1) is 0 Å². The summed E-state index contributed by atoms with van der Waals surface area (Å²) in [7, 11) is 0. The van der Waals surface area contributed by atoms with Gasteiger partial charge in [-0.1, -0.05) is 85.0 Å². The Labute approximate surface area is 227 Å². The molecule has 0 aromatic heterocycles. The smallest absolute Gasteiger partial charge is 0.207 e. The molecule has 1 aliphatic rings. The Kier molecular flexibility index (Phi) is 13.2. The molecule has 0 heterocycles. The predicted octanol–water partition coefficient (Wildman–Crippen LogP) is 7.45. The molecule has 0 aliphatic heterocycles. The highest BCUT2D eigenvalue weighted by Gasteiger charge is 2.21. The van der Waals surface area contributed by atoms with Crippen molar-refractivity contribution in [1.29, 1.82) is 0 Å². The fraction of sp³-hybridized carbons (Fsp3) is 0.312. The van der Waals surface area contributed by atoms with E-state index in [1.807, 2.05) is 63.3 Å². The first kappa shape index (κ1) is 29.9. The Morgan fingerprint density at radius 1 is 1.16 bits per heavy atom. The second-order valence-electron chi connectivity index (χ2n) is 9.26. The molecule has 1 fully saturated rings. The summed E-state index contributed by atoms with van der Waals surface area (Å²) in [6.45, 7) is 10.3. The van der Waals surface area contributed by atoms with Crippen molar-refractivity contribution < 1.29 is 4.79 Å². The van der Waals surface area contributed by atoms with E-state index in [4.69, 9.17) is 17.3 Å². The summed E-state index contributed by atoms with van der Waals surface area (Å²) in [6.07, 6.45) is 15.1. The number of halogens is 1. The molecule has 1 aliphatic carbocycles. The van der Waals surface area contributed by atoms with Crippen LogP contribution in [0.25, 0.3) is 0 Å². The number of hydrogen-bond acceptors (Lipinski definition) is 3.